The number of nitrogens with zero attached hydrogens (tertiary/aromatic N) is 1. The van der Waals surface area contributed by atoms with Crippen molar-refractivity contribution in [2.75, 3.05) is 23.4 Å². The summed E-state index contributed by atoms with van der Waals surface area (Å²) in [5, 5.41) is 2.67. The van der Waals surface area contributed by atoms with Crippen LogP contribution in [0, 0.1) is 19.8 Å². The van der Waals surface area contributed by atoms with Crippen molar-refractivity contribution in [2.24, 2.45) is 5.92 Å². The summed E-state index contributed by atoms with van der Waals surface area (Å²) in [7, 11) is 0. The molecule has 0 radical (unpaired) electrons. The van der Waals surface area contributed by atoms with Crippen molar-refractivity contribution in [3.05, 3.63) is 59.7 Å². The van der Waals surface area contributed by atoms with E-state index in [-0.39, 0.29) is 25.5 Å². The van der Waals surface area contributed by atoms with Gasteiger partial charge in [-0.05, 0) is 43.7 Å². The van der Waals surface area contributed by atoms with Gasteiger partial charge in [0.1, 0.15) is 0 Å². The molecule has 2 aromatic carbocycles. The van der Waals surface area contributed by atoms with Crippen molar-refractivity contribution in [3.63, 3.8) is 0 Å². The fourth-order valence-electron chi connectivity index (χ4n) is 3.00. The van der Waals surface area contributed by atoms with Gasteiger partial charge in [0.05, 0.1) is 5.92 Å². The predicted octanol–water partition coefficient (Wildman–Crippen LogP) is 2.84. The first-order valence-electron chi connectivity index (χ1n) is 8.82. The Bertz CT molecular complexity index is 861. The van der Waals surface area contributed by atoms with Crippen molar-refractivity contribution in [1.29, 1.82) is 0 Å². The molecule has 6 heteroatoms. The Morgan fingerprint density at radius 2 is 1.85 bits per heavy atom. The second-order valence-electron chi connectivity index (χ2n) is 6.77. The molecular formula is C21H22N2O4. The number of amides is 2. The summed E-state index contributed by atoms with van der Waals surface area (Å²) in [5.74, 6) is -1.62. The number of benzene rings is 2. The minimum atomic E-state index is -0.565. The zero-order valence-electron chi connectivity index (χ0n) is 15.4. The van der Waals surface area contributed by atoms with E-state index in [4.69, 9.17) is 4.74 Å². The Balaban J connectivity index is 1.52. The summed E-state index contributed by atoms with van der Waals surface area (Å²) in [6.07, 6.45) is 0.0896. The van der Waals surface area contributed by atoms with Gasteiger partial charge < -0.3 is 15.0 Å². The monoisotopic (exact) mass is 366 g/mol. The van der Waals surface area contributed by atoms with Crippen molar-refractivity contribution in [1.82, 2.24) is 0 Å². The first kappa shape index (κ1) is 18.6. The van der Waals surface area contributed by atoms with E-state index in [2.05, 4.69) is 5.32 Å². The van der Waals surface area contributed by atoms with Crippen molar-refractivity contribution in [2.45, 2.75) is 20.3 Å². The number of anilines is 2. The second kappa shape index (κ2) is 8.03. The molecule has 1 heterocycles. The molecule has 2 amide bonds. The Kier molecular flexibility index (Phi) is 5.54. The molecule has 1 saturated heterocycles. The molecule has 0 spiro atoms. The lowest BCUT2D eigenvalue weighted by molar-refractivity contribution is -0.151. The normalized spacial score (nSPS) is 16.3. The van der Waals surface area contributed by atoms with Crippen LogP contribution in [0.25, 0.3) is 0 Å². The number of hydrogen-bond acceptors (Lipinski definition) is 4. The van der Waals surface area contributed by atoms with Crippen LogP contribution in [0.2, 0.25) is 0 Å². The Morgan fingerprint density at radius 1 is 1.11 bits per heavy atom. The van der Waals surface area contributed by atoms with Crippen LogP contribution in [-0.2, 0) is 19.1 Å². The van der Waals surface area contributed by atoms with Gasteiger partial charge in [-0.3, -0.25) is 14.4 Å². The van der Waals surface area contributed by atoms with E-state index >= 15 is 0 Å². The molecule has 1 aliphatic heterocycles. The van der Waals surface area contributed by atoms with Gasteiger partial charge in [0.25, 0.3) is 5.91 Å². The molecular weight excluding hydrogens is 344 g/mol. The highest BCUT2D eigenvalue weighted by Crippen LogP contribution is 2.26. The average molecular weight is 366 g/mol. The Hall–Kier alpha value is -3.15. The predicted molar refractivity (Wildman–Crippen MR) is 102 cm³/mol. The maximum atomic E-state index is 12.3. The quantitative estimate of drug-likeness (QED) is 0.826. The summed E-state index contributed by atoms with van der Waals surface area (Å²) in [6, 6.07) is 14.9. The van der Waals surface area contributed by atoms with Crippen LogP contribution in [0.1, 0.15) is 17.5 Å². The summed E-state index contributed by atoms with van der Waals surface area (Å²) in [6.45, 7) is 3.79. The molecule has 1 aliphatic rings. The van der Waals surface area contributed by atoms with E-state index in [1.165, 1.54) is 0 Å². The lowest BCUT2D eigenvalue weighted by atomic mass is 10.1. The Labute approximate surface area is 158 Å². The average Bonchev–Trinajstić information content (AvgIpc) is 3.03. The number of hydrogen-bond donors (Lipinski definition) is 1. The molecule has 6 nitrogen and oxygen atoms in total. The number of carbonyl (C=O) groups is 3. The third-order valence-corrected chi connectivity index (χ3v) is 4.45. The third-order valence-electron chi connectivity index (χ3n) is 4.45. The topological polar surface area (TPSA) is 75.7 Å². The van der Waals surface area contributed by atoms with Crippen molar-refractivity contribution < 1.29 is 19.1 Å². The second-order valence-corrected chi connectivity index (χ2v) is 6.77. The molecule has 0 unspecified atom stereocenters. The van der Waals surface area contributed by atoms with Crippen molar-refractivity contribution >= 4 is 29.2 Å². The van der Waals surface area contributed by atoms with E-state index in [0.29, 0.717) is 5.69 Å². The van der Waals surface area contributed by atoms with Gasteiger partial charge in [0.2, 0.25) is 5.91 Å². The number of esters is 1. The minimum Gasteiger partial charge on any atom is -0.455 e. The van der Waals surface area contributed by atoms with Gasteiger partial charge in [-0.2, -0.15) is 0 Å². The van der Waals surface area contributed by atoms with Crippen LogP contribution in [-0.4, -0.2) is 30.9 Å². The number of rotatable bonds is 5. The summed E-state index contributed by atoms with van der Waals surface area (Å²) in [4.78, 5) is 38.0. The lowest BCUT2D eigenvalue weighted by Gasteiger charge is -2.17. The largest absolute Gasteiger partial charge is 0.455 e. The number of carbonyl (C=O) groups excluding carboxylic acids is 3. The van der Waals surface area contributed by atoms with E-state index < -0.39 is 17.8 Å². The van der Waals surface area contributed by atoms with Gasteiger partial charge in [-0.1, -0.05) is 29.8 Å². The molecule has 0 saturated carbocycles. The molecule has 3 rings (SSSR count). The van der Waals surface area contributed by atoms with Gasteiger partial charge in [-0.15, -0.1) is 0 Å². The van der Waals surface area contributed by atoms with Gasteiger partial charge in [-0.25, -0.2) is 0 Å². The lowest BCUT2D eigenvalue weighted by Crippen LogP contribution is -2.28. The molecule has 27 heavy (non-hydrogen) atoms. The molecule has 140 valence electrons. The van der Waals surface area contributed by atoms with Gasteiger partial charge in [0, 0.05) is 24.3 Å². The molecule has 1 atom stereocenters. The highest BCUT2D eigenvalue weighted by Gasteiger charge is 2.36. The maximum Gasteiger partial charge on any atom is 0.311 e. The van der Waals surface area contributed by atoms with Crippen molar-refractivity contribution in [3.8, 4) is 0 Å². The SMILES string of the molecule is Cc1ccc(NC(=O)COC(=O)[C@@H]2CC(=O)N(c3cccc(C)c3)C2)cc1. The first-order chi connectivity index (χ1) is 12.9. The van der Waals surface area contributed by atoms with Crippen LogP contribution in [0.4, 0.5) is 11.4 Å². The Morgan fingerprint density at radius 3 is 2.56 bits per heavy atom. The molecule has 0 aliphatic carbocycles. The smallest absolute Gasteiger partial charge is 0.311 e. The molecule has 0 bridgehead atoms. The zero-order chi connectivity index (χ0) is 19.4. The summed E-state index contributed by atoms with van der Waals surface area (Å²) < 4.78 is 5.11. The molecule has 1 fully saturated rings. The standard InChI is InChI=1S/C21H22N2O4/c1-14-6-8-17(9-7-14)22-19(24)13-27-21(26)16-11-20(25)23(12-16)18-5-3-4-15(2)10-18/h3-10,16H,11-13H2,1-2H3,(H,22,24)/t16-/m1/s1. The first-order valence-corrected chi connectivity index (χ1v) is 8.82. The van der Waals surface area contributed by atoms with Crippen LogP contribution < -0.4 is 10.2 Å². The molecule has 2 aromatic rings. The highest BCUT2D eigenvalue weighted by atomic mass is 16.5. The van der Waals surface area contributed by atoms with Gasteiger partial charge in [0.15, 0.2) is 6.61 Å². The highest BCUT2D eigenvalue weighted by molar-refractivity contribution is 6.00. The van der Waals surface area contributed by atoms with E-state index in [9.17, 15) is 14.4 Å². The van der Waals surface area contributed by atoms with E-state index in [1.54, 1.807) is 17.0 Å². The minimum absolute atomic E-state index is 0.0896. The fourth-order valence-corrected chi connectivity index (χ4v) is 3.00. The molecule has 1 N–H and O–H groups in total. The van der Waals surface area contributed by atoms with Crippen LogP contribution in [0.5, 0.6) is 0 Å². The number of aryl methyl sites for hydroxylation is 2. The zero-order valence-corrected chi connectivity index (χ0v) is 15.4. The number of nitrogens with one attached hydrogen (secondary N) is 1. The van der Waals surface area contributed by atoms with Crippen LogP contribution in [0.15, 0.2) is 48.5 Å². The third kappa shape index (κ3) is 4.73. The summed E-state index contributed by atoms with van der Waals surface area (Å²) in [5.41, 5.74) is 3.54. The van der Waals surface area contributed by atoms with E-state index in [1.807, 2.05) is 50.2 Å². The number of ether oxygens (including phenoxy) is 1. The molecule has 0 aromatic heterocycles. The van der Waals surface area contributed by atoms with Crippen LogP contribution in [0.3, 0.4) is 0 Å². The summed E-state index contributed by atoms with van der Waals surface area (Å²) >= 11 is 0. The van der Waals surface area contributed by atoms with E-state index in [0.717, 1.165) is 16.8 Å². The van der Waals surface area contributed by atoms with Gasteiger partial charge >= 0.3 is 5.97 Å². The maximum absolute atomic E-state index is 12.3. The van der Waals surface area contributed by atoms with Crippen LogP contribution >= 0.6 is 0 Å². The fraction of sp³-hybridized carbons (Fsp3) is 0.286.